The van der Waals surface area contributed by atoms with Gasteiger partial charge in [-0.1, -0.05) is 0 Å². The first kappa shape index (κ1) is 13.8. The highest BCUT2D eigenvalue weighted by Gasteiger charge is 2.47. The summed E-state index contributed by atoms with van der Waals surface area (Å²) >= 11 is 1.31. The Bertz CT molecular complexity index is 504. The van der Waals surface area contributed by atoms with Crippen molar-refractivity contribution in [2.45, 2.75) is 19.9 Å². The van der Waals surface area contributed by atoms with Crippen molar-refractivity contribution in [2.24, 2.45) is 5.41 Å². The van der Waals surface area contributed by atoms with E-state index in [-0.39, 0.29) is 13.2 Å². The van der Waals surface area contributed by atoms with Gasteiger partial charge in [0.15, 0.2) is 5.13 Å². The molecule has 1 aromatic rings. The minimum atomic E-state index is -1.10. The van der Waals surface area contributed by atoms with E-state index in [2.05, 4.69) is 15.6 Å². The first-order chi connectivity index (χ1) is 8.91. The van der Waals surface area contributed by atoms with Crippen molar-refractivity contribution < 1.29 is 19.4 Å². The van der Waals surface area contributed by atoms with Gasteiger partial charge in [0, 0.05) is 5.38 Å². The van der Waals surface area contributed by atoms with Crippen LogP contribution in [0.5, 0.6) is 0 Å². The predicted octanol–water partition coefficient (Wildman–Crippen LogP) is 1.06. The van der Waals surface area contributed by atoms with Crippen LogP contribution < -0.4 is 10.6 Å². The Morgan fingerprint density at radius 1 is 1.63 bits per heavy atom. The molecule has 19 heavy (non-hydrogen) atoms. The summed E-state index contributed by atoms with van der Waals surface area (Å²) in [5, 5.41) is 16.7. The number of carboxylic acids is 1. The highest BCUT2D eigenvalue weighted by atomic mass is 32.1. The molecule has 1 aromatic heterocycles. The number of urea groups is 1. The summed E-state index contributed by atoms with van der Waals surface area (Å²) in [5.74, 6) is -0.986. The van der Waals surface area contributed by atoms with Gasteiger partial charge in [-0.15, -0.1) is 11.3 Å². The lowest BCUT2D eigenvalue weighted by Gasteiger charge is -2.25. The fraction of sp³-hybridized carbons (Fsp3) is 0.545. The van der Waals surface area contributed by atoms with Gasteiger partial charge in [-0.05, 0) is 13.8 Å². The topological polar surface area (TPSA) is 101 Å². The third-order valence-corrected chi connectivity index (χ3v) is 3.96. The number of carbonyl (C=O) groups excluding carboxylic acids is 1. The average molecular weight is 285 g/mol. The largest absolute Gasteiger partial charge is 0.481 e. The maximum Gasteiger partial charge on any atom is 0.321 e. The van der Waals surface area contributed by atoms with E-state index < -0.39 is 23.5 Å². The zero-order valence-electron chi connectivity index (χ0n) is 10.6. The molecule has 0 aromatic carbocycles. The molecule has 1 aliphatic heterocycles. The minimum absolute atomic E-state index is 0.0869. The molecule has 0 radical (unpaired) electrons. The quantitative estimate of drug-likeness (QED) is 0.771. The molecule has 7 nitrogen and oxygen atoms in total. The molecule has 3 N–H and O–H groups in total. The molecule has 0 aliphatic carbocycles. The molecular weight excluding hydrogens is 270 g/mol. The van der Waals surface area contributed by atoms with Crippen molar-refractivity contribution >= 4 is 28.5 Å². The van der Waals surface area contributed by atoms with Crippen LogP contribution in [0.25, 0.3) is 0 Å². The van der Waals surface area contributed by atoms with Crippen molar-refractivity contribution in [2.75, 3.05) is 18.5 Å². The molecule has 1 aliphatic rings. The highest BCUT2D eigenvalue weighted by Crippen LogP contribution is 2.28. The summed E-state index contributed by atoms with van der Waals surface area (Å²) in [6.07, 6.45) is 0. The average Bonchev–Trinajstić information content (AvgIpc) is 2.87. The summed E-state index contributed by atoms with van der Waals surface area (Å²) in [5.41, 5.74) is -0.282. The standard InChI is InChI=1S/C11H15N3O4S/c1-6-4-19-10(12-6)14-9(17)13-7-3-18-5-11(7,2)8(15)16/h4,7H,3,5H2,1-2H3,(H,15,16)(H2,12,13,14,17). The Morgan fingerprint density at radius 2 is 2.37 bits per heavy atom. The van der Waals surface area contributed by atoms with Gasteiger partial charge in [-0.2, -0.15) is 0 Å². The molecule has 0 saturated carbocycles. The lowest BCUT2D eigenvalue weighted by molar-refractivity contribution is -0.148. The summed E-state index contributed by atoms with van der Waals surface area (Å²) in [6, 6.07) is -1.04. The number of carbonyl (C=O) groups is 2. The van der Waals surface area contributed by atoms with Crippen molar-refractivity contribution in [1.29, 1.82) is 0 Å². The molecule has 1 saturated heterocycles. The van der Waals surface area contributed by atoms with Crippen molar-refractivity contribution in [1.82, 2.24) is 10.3 Å². The fourth-order valence-electron chi connectivity index (χ4n) is 1.79. The van der Waals surface area contributed by atoms with Crippen LogP contribution in [0.1, 0.15) is 12.6 Å². The van der Waals surface area contributed by atoms with Crippen LogP contribution in [0.4, 0.5) is 9.93 Å². The molecule has 2 rings (SSSR count). The second kappa shape index (κ2) is 5.14. The lowest BCUT2D eigenvalue weighted by Crippen LogP contribution is -2.50. The molecule has 2 amide bonds. The van der Waals surface area contributed by atoms with Gasteiger partial charge < -0.3 is 15.2 Å². The van der Waals surface area contributed by atoms with E-state index in [9.17, 15) is 14.7 Å². The third kappa shape index (κ3) is 2.85. The Kier molecular flexibility index (Phi) is 3.72. The van der Waals surface area contributed by atoms with Gasteiger partial charge in [0.1, 0.15) is 5.41 Å². The Labute approximate surface area is 114 Å². The number of amides is 2. The summed E-state index contributed by atoms with van der Waals surface area (Å²) in [6.45, 7) is 3.66. The van der Waals surface area contributed by atoms with Gasteiger partial charge in [-0.25, -0.2) is 9.78 Å². The number of anilines is 1. The van der Waals surface area contributed by atoms with E-state index in [0.717, 1.165) is 5.69 Å². The zero-order chi connectivity index (χ0) is 14.0. The summed E-state index contributed by atoms with van der Waals surface area (Å²) < 4.78 is 5.15. The van der Waals surface area contributed by atoms with E-state index >= 15 is 0 Å². The van der Waals surface area contributed by atoms with E-state index in [1.807, 2.05) is 12.3 Å². The highest BCUT2D eigenvalue weighted by molar-refractivity contribution is 7.13. The minimum Gasteiger partial charge on any atom is -0.481 e. The second-order valence-electron chi connectivity index (χ2n) is 4.68. The number of thiazole rings is 1. The molecule has 2 atom stereocenters. The van der Waals surface area contributed by atoms with Crippen molar-refractivity contribution in [3.63, 3.8) is 0 Å². The van der Waals surface area contributed by atoms with Gasteiger partial charge in [0.05, 0.1) is 24.9 Å². The van der Waals surface area contributed by atoms with Gasteiger partial charge >= 0.3 is 12.0 Å². The van der Waals surface area contributed by atoms with Crippen molar-refractivity contribution in [3.05, 3.63) is 11.1 Å². The number of aliphatic carboxylic acids is 1. The molecule has 2 heterocycles. The number of carboxylic acid groups (broad SMARTS) is 1. The Balaban J connectivity index is 1.97. The zero-order valence-corrected chi connectivity index (χ0v) is 11.4. The van der Waals surface area contributed by atoms with E-state index in [1.165, 1.54) is 11.3 Å². The monoisotopic (exact) mass is 285 g/mol. The second-order valence-corrected chi connectivity index (χ2v) is 5.54. The van der Waals surface area contributed by atoms with Gasteiger partial charge in [0.25, 0.3) is 0 Å². The number of rotatable bonds is 3. The number of hydrogen-bond donors (Lipinski definition) is 3. The van der Waals surface area contributed by atoms with Crippen LogP contribution in [0.15, 0.2) is 5.38 Å². The van der Waals surface area contributed by atoms with Crippen molar-refractivity contribution in [3.8, 4) is 0 Å². The Hall–Kier alpha value is -1.67. The van der Waals surface area contributed by atoms with Crippen LogP contribution >= 0.6 is 11.3 Å². The number of ether oxygens (including phenoxy) is 1. The van der Waals surface area contributed by atoms with Gasteiger partial charge in [-0.3, -0.25) is 10.1 Å². The molecule has 0 spiro atoms. The maximum absolute atomic E-state index is 11.8. The molecule has 1 fully saturated rings. The maximum atomic E-state index is 11.8. The number of nitrogens with one attached hydrogen (secondary N) is 2. The van der Waals surface area contributed by atoms with Crippen LogP contribution in [-0.2, 0) is 9.53 Å². The first-order valence-electron chi connectivity index (χ1n) is 5.72. The predicted molar refractivity (Wildman–Crippen MR) is 69.4 cm³/mol. The first-order valence-corrected chi connectivity index (χ1v) is 6.60. The molecule has 8 heteroatoms. The normalized spacial score (nSPS) is 26.1. The number of nitrogens with zero attached hydrogens (tertiary/aromatic N) is 1. The molecular formula is C11H15N3O4S. The molecule has 2 unspecified atom stereocenters. The van der Waals surface area contributed by atoms with E-state index in [0.29, 0.717) is 5.13 Å². The number of aryl methyl sites for hydroxylation is 1. The fourth-order valence-corrected chi connectivity index (χ4v) is 2.47. The summed E-state index contributed by atoms with van der Waals surface area (Å²) in [7, 11) is 0. The third-order valence-electron chi connectivity index (χ3n) is 3.09. The van der Waals surface area contributed by atoms with E-state index in [4.69, 9.17) is 4.74 Å². The smallest absolute Gasteiger partial charge is 0.321 e. The lowest BCUT2D eigenvalue weighted by atomic mass is 9.85. The molecule has 0 bridgehead atoms. The van der Waals surface area contributed by atoms with Gasteiger partial charge in [0.2, 0.25) is 0 Å². The van der Waals surface area contributed by atoms with Crippen LogP contribution in [0, 0.1) is 12.3 Å². The number of hydrogen-bond acceptors (Lipinski definition) is 5. The molecule has 104 valence electrons. The SMILES string of the molecule is Cc1csc(NC(=O)NC2COCC2(C)C(=O)O)n1. The van der Waals surface area contributed by atoms with E-state index in [1.54, 1.807) is 6.92 Å². The van der Waals surface area contributed by atoms with Crippen LogP contribution in [0.2, 0.25) is 0 Å². The Morgan fingerprint density at radius 3 is 2.95 bits per heavy atom. The number of aromatic nitrogens is 1. The summed E-state index contributed by atoms with van der Waals surface area (Å²) in [4.78, 5) is 27.1. The van der Waals surface area contributed by atoms with Crippen LogP contribution in [-0.4, -0.2) is 41.3 Å². The van der Waals surface area contributed by atoms with Crippen LogP contribution in [0.3, 0.4) is 0 Å².